The zero-order chi connectivity index (χ0) is 20.4. The second-order valence-corrected chi connectivity index (χ2v) is 8.48. The van der Waals surface area contributed by atoms with Crippen LogP contribution in [-0.4, -0.2) is 53.9 Å². The maximum Gasteiger partial charge on any atom is 0.269 e. The average Bonchev–Trinajstić information content (AvgIpc) is 3.42. The minimum absolute atomic E-state index is 0.00320. The molecule has 0 aliphatic carbocycles. The van der Waals surface area contributed by atoms with Gasteiger partial charge in [0.25, 0.3) is 5.91 Å². The van der Waals surface area contributed by atoms with Crippen molar-refractivity contribution >= 4 is 34.7 Å². The van der Waals surface area contributed by atoms with Gasteiger partial charge in [0.1, 0.15) is 5.75 Å². The fourth-order valence-electron chi connectivity index (χ4n) is 3.60. The molecule has 1 aromatic carbocycles. The van der Waals surface area contributed by atoms with E-state index in [1.807, 2.05) is 40.7 Å². The minimum Gasteiger partial charge on any atom is -0.497 e. The number of amides is 1. The van der Waals surface area contributed by atoms with E-state index < -0.39 is 0 Å². The number of hydrogen-bond donors (Lipinski definition) is 0. The summed E-state index contributed by atoms with van der Waals surface area (Å²) in [7, 11) is 3.73. The summed E-state index contributed by atoms with van der Waals surface area (Å²) in [6.45, 7) is 1.92. The topological polar surface area (TPSA) is 50.6 Å². The van der Waals surface area contributed by atoms with E-state index in [0.29, 0.717) is 22.3 Å². The molecule has 29 heavy (non-hydrogen) atoms. The van der Waals surface area contributed by atoms with Crippen molar-refractivity contribution in [2.75, 3.05) is 32.1 Å². The fraction of sp³-hybridized carbons (Fsp3) is 0.333. The molecule has 0 N–H and O–H groups in total. The van der Waals surface area contributed by atoms with Gasteiger partial charge < -0.3 is 9.64 Å². The molecule has 6 nitrogen and oxygen atoms in total. The second-order valence-electron chi connectivity index (χ2n) is 7.12. The molecule has 0 atom stereocenters. The Bertz CT molecular complexity index is 980. The predicted molar refractivity (Wildman–Crippen MR) is 117 cm³/mol. The van der Waals surface area contributed by atoms with E-state index in [9.17, 15) is 4.79 Å². The van der Waals surface area contributed by atoms with Crippen molar-refractivity contribution in [2.45, 2.75) is 18.9 Å². The highest BCUT2D eigenvalue weighted by Gasteiger charge is 2.31. The molecule has 3 aromatic rings. The molecule has 152 valence electrons. The van der Waals surface area contributed by atoms with Crippen molar-refractivity contribution in [3.05, 3.63) is 57.9 Å². The Hall–Kier alpha value is -2.35. The smallest absolute Gasteiger partial charge is 0.269 e. The van der Waals surface area contributed by atoms with Crippen molar-refractivity contribution < 1.29 is 9.53 Å². The molecule has 0 saturated carbocycles. The number of carbonyl (C=O) groups is 1. The Morgan fingerprint density at radius 1 is 1.28 bits per heavy atom. The molecule has 2 aromatic heterocycles. The third kappa shape index (κ3) is 4.17. The highest BCUT2D eigenvalue weighted by Crippen LogP contribution is 2.29. The van der Waals surface area contributed by atoms with E-state index in [1.54, 1.807) is 23.9 Å². The molecule has 1 aliphatic heterocycles. The molecule has 8 heteroatoms. The molecule has 1 fully saturated rings. The van der Waals surface area contributed by atoms with E-state index in [0.717, 1.165) is 30.8 Å². The van der Waals surface area contributed by atoms with Crippen LogP contribution < -0.4 is 9.64 Å². The van der Waals surface area contributed by atoms with Crippen molar-refractivity contribution in [1.82, 2.24) is 14.7 Å². The SMILES string of the molecule is COc1ccc(Cl)c(-n2ccc(N(C(=O)c3cccs3)C3CCN(C)CC3)n2)c1. The van der Waals surface area contributed by atoms with Gasteiger partial charge in [-0.15, -0.1) is 16.4 Å². The molecule has 4 rings (SSSR count). The van der Waals surface area contributed by atoms with Crippen LogP contribution in [0, 0.1) is 0 Å². The first-order valence-corrected chi connectivity index (χ1v) is 10.8. The molecule has 3 heterocycles. The van der Waals surface area contributed by atoms with Crippen molar-refractivity contribution in [2.24, 2.45) is 0 Å². The summed E-state index contributed by atoms with van der Waals surface area (Å²) < 4.78 is 7.01. The van der Waals surface area contributed by atoms with Crippen LogP contribution >= 0.6 is 22.9 Å². The summed E-state index contributed by atoms with van der Waals surface area (Å²) in [6, 6.07) is 11.2. The van der Waals surface area contributed by atoms with Crippen molar-refractivity contribution in [3.8, 4) is 11.4 Å². The number of methoxy groups -OCH3 is 1. The number of hydrogen-bond acceptors (Lipinski definition) is 5. The summed E-state index contributed by atoms with van der Waals surface area (Å²) in [4.78, 5) is 18.2. The Kier molecular flexibility index (Phi) is 5.89. The molecule has 1 aliphatic rings. The normalized spacial score (nSPS) is 15.4. The molecular weight excluding hydrogens is 408 g/mol. The van der Waals surface area contributed by atoms with E-state index >= 15 is 0 Å². The van der Waals surface area contributed by atoms with Crippen LogP contribution in [0.5, 0.6) is 5.75 Å². The van der Waals surface area contributed by atoms with E-state index in [4.69, 9.17) is 21.4 Å². The average molecular weight is 431 g/mol. The van der Waals surface area contributed by atoms with Gasteiger partial charge in [0.15, 0.2) is 5.82 Å². The van der Waals surface area contributed by atoms with Crippen LogP contribution in [0.3, 0.4) is 0 Å². The molecule has 0 bridgehead atoms. The lowest BCUT2D eigenvalue weighted by atomic mass is 10.0. The second kappa shape index (κ2) is 8.57. The fourth-order valence-corrected chi connectivity index (χ4v) is 4.47. The van der Waals surface area contributed by atoms with Gasteiger partial charge in [0, 0.05) is 24.4 Å². The number of anilines is 1. The third-order valence-corrected chi connectivity index (χ3v) is 6.40. The molecule has 1 amide bonds. The lowest BCUT2D eigenvalue weighted by Gasteiger charge is -2.36. The van der Waals surface area contributed by atoms with Gasteiger partial charge in [-0.25, -0.2) is 4.68 Å². The highest BCUT2D eigenvalue weighted by molar-refractivity contribution is 7.12. The first-order chi connectivity index (χ1) is 14.1. The number of thiophene rings is 1. The minimum atomic E-state index is -0.00320. The summed E-state index contributed by atoms with van der Waals surface area (Å²) in [6.07, 6.45) is 3.67. The number of nitrogens with zero attached hydrogens (tertiary/aromatic N) is 4. The zero-order valence-electron chi connectivity index (χ0n) is 16.4. The van der Waals surface area contributed by atoms with Gasteiger partial charge in [0.05, 0.1) is 22.7 Å². The first kappa shape index (κ1) is 19.9. The standard InChI is InChI=1S/C21H23ClN4O2S/c1-24-10-7-15(8-11-24)26(21(27)19-4-3-13-29-19)20-9-12-25(23-20)18-14-16(28-2)5-6-17(18)22/h3-6,9,12-15H,7-8,10-11H2,1-2H3. The van der Waals surface area contributed by atoms with Gasteiger partial charge in [-0.3, -0.25) is 9.69 Å². The van der Waals surface area contributed by atoms with E-state index in [-0.39, 0.29) is 11.9 Å². The number of carbonyl (C=O) groups excluding carboxylic acids is 1. The Morgan fingerprint density at radius 2 is 2.07 bits per heavy atom. The van der Waals surface area contributed by atoms with Crippen molar-refractivity contribution in [3.63, 3.8) is 0 Å². The van der Waals surface area contributed by atoms with Crippen LogP contribution in [0.1, 0.15) is 22.5 Å². The maximum absolute atomic E-state index is 13.3. The summed E-state index contributed by atoms with van der Waals surface area (Å²) >= 11 is 7.84. The summed E-state index contributed by atoms with van der Waals surface area (Å²) in [5.41, 5.74) is 0.712. The lowest BCUT2D eigenvalue weighted by Crippen LogP contribution is -2.47. The lowest BCUT2D eigenvalue weighted by molar-refractivity contribution is 0.0966. The Morgan fingerprint density at radius 3 is 2.76 bits per heavy atom. The van der Waals surface area contributed by atoms with Gasteiger partial charge in [-0.05, 0) is 56.6 Å². The van der Waals surface area contributed by atoms with Crippen LogP contribution in [0.15, 0.2) is 48.0 Å². The quantitative estimate of drug-likeness (QED) is 0.604. The zero-order valence-corrected chi connectivity index (χ0v) is 18.0. The number of halogens is 1. The maximum atomic E-state index is 13.3. The largest absolute Gasteiger partial charge is 0.497 e. The van der Waals surface area contributed by atoms with Crippen LogP contribution in [0.25, 0.3) is 5.69 Å². The number of aromatic nitrogens is 2. The van der Waals surface area contributed by atoms with Crippen LogP contribution in [0.4, 0.5) is 5.82 Å². The van der Waals surface area contributed by atoms with Gasteiger partial charge in [0.2, 0.25) is 0 Å². The molecule has 0 unspecified atom stereocenters. The number of benzene rings is 1. The predicted octanol–water partition coefficient (Wildman–Crippen LogP) is 4.34. The molecule has 0 radical (unpaired) electrons. The number of piperidine rings is 1. The summed E-state index contributed by atoms with van der Waals surface area (Å²) in [5.74, 6) is 1.33. The molecule has 0 spiro atoms. The van der Waals surface area contributed by atoms with Gasteiger partial charge in [-0.2, -0.15) is 0 Å². The van der Waals surface area contributed by atoms with E-state index in [2.05, 4.69) is 11.9 Å². The number of ether oxygens (including phenoxy) is 1. The third-order valence-electron chi connectivity index (χ3n) is 5.23. The Balaban J connectivity index is 1.69. The van der Waals surface area contributed by atoms with Crippen LogP contribution in [0.2, 0.25) is 5.02 Å². The van der Waals surface area contributed by atoms with E-state index in [1.165, 1.54) is 11.3 Å². The monoisotopic (exact) mass is 430 g/mol. The van der Waals surface area contributed by atoms with Gasteiger partial charge >= 0.3 is 0 Å². The van der Waals surface area contributed by atoms with Crippen LogP contribution in [-0.2, 0) is 0 Å². The first-order valence-electron chi connectivity index (χ1n) is 9.52. The number of rotatable bonds is 5. The molecular formula is C21H23ClN4O2S. The molecule has 1 saturated heterocycles. The highest BCUT2D eigenvalue weighted by atomic mass is 35.5. The van der Waals surface area contributed by atoms with Crippen molar-refractivity contribution in [1.29, 1.82) is 0 Å². The Labute approximate surface area is 179 Å². The summed E-state index contributed by atoms with van der Waals surface area (Å²) in [5, 5.41) is 7.21. The van der Waals surface area contributed by atoms with Gasteiger partial charge in [-0.1, -0.05) is 17.7 Å². The number of likely N-dealkylation sites (tertiary alicyclic amines) is 1.